The largest absolute Gasteiger partial charge is 0.493 e. The average molecular weight is 711 g/mol. The van der Waals surface area contributed by atoms with Gasteiger partial charge in [-0.25, -0.2) is 4.98 Å². The van der Waals surface area contributed by atoms with Crippen LogP contribution in [0.2, 0.25) is 0 Å². The van der Waals surface area contributed by atoms with Gasteiger partial charge in [0, 0.05) is 49.9 Å². The number of anilines is 1. The summed E-state index contributed by atoms with van der Waals surface area (Å²) >= 11 is 0. The van der Waals surface area contributed by atoms with Gasteiger partial charge in [-0.15, -0.1) is 12.4 Å². The van der Waals surface area contributed by atoms with Crippen molar-refractivity contribution in [3.63, 3.8) is 0 Å². The maximum Gasteiger partial charge on any atom is 0.254 e. The van der Waals surface area contributed by atoms with E-state index in [4.69, 9.17) is 19.2 Å². The Morgan fingerprint density at radius 3 is 2.29 bits per heavy atom. The minimum atomic E-state index is -0.139. The third-order valence-corrected chi connectivity index (χ3v) is 10.4. The fourth-order valence-corrected chi connectivity index (χ4v) is 7.69. The molecule has 1 atom stereocenters. The lowest BCUT2D eigenvalue weighted by Gasteiger charge is -2.33. The van der Waals surface area contributed by atoms with E-state index in [1.807, 2.05) is 23.2 Å². The highest BCUT2D eigenvalue weighted by atomic mass is 35.5. The number of hydrogen-bond donors (Lipinski definition) is 0. The van der Waals surface area contributed by atoms with Gasteiger partial charge in [0.25, 0.3) is 5.91 Å². The number of imidazole rings is 1. The van der Waals surface area contributed by atoms with Crippen molar-refractivity contribution in [2.45, 2.75) is 31.2 Å². The van der Waals surface area contributed by atoms with E-state index in [9.17, 15) is 4.79 Å². The highest BCUT2D eigenvalue weighted by molar-refractivity contribution is 5.96. The Labute approximate surface area is 306 Å². The molecule has 1 unspecified atom stereocenters. The van der Waals surface area contributed by atoms with Crippen LogP contribution in [0.15, 0.2) is 91.1 Å². The molecular formula is C40H47ClN6O4. The maximum atomic E-state index is 14.0. The van der Waals surface area contributed by atoms with E-state index in [0.717, 1.165) is 74.7 Å². The number of halogens is 1. The van der Waals surface area contributed by atoms with Crippen molar-refractivity contribution < 1.29 is 19.0 Å². The molecule has 2 fully saturated rings. The molecule has 10 nitrogen and oxygen atoms in total. The number of likely N-dealkylation sites (tertiary alicyclic amines) is 1. The lowest BCUT2D eigenvalue weighted by molar-refractivity contribution is 0.0780. The first-order valence-electron chi connectivity index (χ1n) is 17.5. The van der Waals surface area contributed by atoms with Crippen LogP contribution in [0.4, 0.5) is 5.95 Å². The number of carbonyl (C=O) groups is 1. The fraction of sp³-hybridized carbons (Fsp3) is 0.375. The summed E-state index contributed by atoms with van der Waals surface area (Å²) in [6, 6.07) is 28.7. The van der Waals surface area contributed by atoms with Gasteiger partial charge in [-0.1, -0.05) is 48.5 Å². The Kier molecular flexibility index (Phi) is 11.3. The summed E-state index contributed by atoms with van der Waals surface area (Å²) in [5, 5.41) is 0. The van der Waals surface area contributed by atoms with E-state index < -0.39 is 0 Å². The molecule has 11 heteroatoms. The summed E-state index contributed by atoms with van der Waals surface area (Å²) in [5.41, 5.74) is 4.85. The topological polar surface area (TPSA) is 85.2 Å². The first kappa shape index (κ1) is 36.0. The van der Waals surface area contributed by atoms with Gasteiger partial charge in [0.05, 0.1) is 44.6 Å². The molecule has 2 aliphatic heterocycles. The van der Waals surface area contributed by atoms with E-state index in [1.54, 1.807) is 33.5 Å². The smallest absolute Gasteiger partial charge is 0.254 e. The molecule has 268 valence electrons. The van der Waals surface area contributed by atoms with Crippen molar-refractivity contribution in [3.8, 4) is 17.2 Å². The molecule has 0 radical (unpaired) electrons. The Morgan fingerprint density at radius 2 is 1.57 bits per heavy atom. The summed E-state index contributed by atoms with van der Waals surface area (Å²) in [5.74, 6) is 2.42. The number of para-hydroxylation sites is 2. The summed E-state index contributed by atoms with van der Waals surface area (Å²) in [6.45, 7) is 6.80. The molecule has 3 aromatic carbocycles. The van der Waals surface area contributed by atoms with E-state index in [1.165, 1.54) is 5.56 Å². The number of carbonyl (C=O) groups excluding carboxylic acids is 1. The highest BCUT2D eigenvalue weighted by Crippen LogP contribution is 2.41. The van der Waals surface area contributed by atoms with Gasteiger partial charge in [0.2, 0.25) is 11.7 Å². The van der Waals surface area contributed by atoms with Crippen LogP contribution < -0.4 is 19.1 Å². The normalized spacial score (nSPS) is 17.9. The van der Waals surface area contributed by atoms with Gasteiger partial charge in [-0.3, -0.25) is 9.78 Å². The molecule has 0 spiro atoms. The molecule has 0 N–H and O–H groups in total. The molecule has 4 heterocycles. The maximum absolute atomic E-state index is 14.0. The monoisotopic (exact) mass is 710 g/mol. The van der Waals surface area contributed by atoms with Crippen molar-refractivity contribution in [1.29, 1.82) is 0 Å². The Bertz CT molecular complexity index is 1900. The SMILES string of the molecule is COc1cc(C(=O)N2CCC(CCN3CCCN(c4nc5ccccc5n4Cc4ccccn4)CC3)(c3ccccc3)C2)cc(OC)c1OC.Cl. The molecule has 51 heavy (non-hydrogen) atoms. The Hall–Kier alpha value is -4.80. The number of rotatable bonds is 11. The number of methoxy groups -OCH3 is 3. The predicted molar refractivity (Wildman–Crippen MR) is 203 cm³/mol. The quantitative estimate of drug-likeness (QED) is 0.158. The lowest BCUT2D eigenvalue weighted by Crippen LogP contribution is -2.39. The van der Waals surface area contributed by atoms with Crippen LogP contribution in [0.3, 0.4) is 0 Å². The second-order valence-corrected chi connectivity index (χ2v) is 13.3. The van der Waals surface area contributed by atoms with Crippen molar-refractivity contribution in [2.24, 2.45) is 0 Å². The minimum absolute atomic E-state index is 0. The number of benzene rings is 3. The minimum Gasteiger partial charge on any atom is -0.493 e. The van der Waals surface area contributed by atoms with Crippen LogP contribution in [-0.2, 0) is 12.0 Å². The average Bonchev–Trinajstić information content (AvgIpc) is 3.68. The van der Waals surface area contributed by atoms with Gasteiger partial charge < -0.3 is 33.5 Å². The molecule has 2 saturated heterocycles. The number of aromatic nitrogens is 3. The number of fused-ring (bicyclic) bond motifs is 1. The number of amides is 1. The highest BCUT2D eigenvalue weighted by Gasteiger charge is 2.42. The molecule has 7 rings (SSSR count). The summed E-state index contributed by atoms with van der Waals surface area (Å²) < 4.78 is 18.9. The van der Waals surface area contributed by atoms with Crippen LogP contribution in [0, 0.1) is 0 Å². The molecule has 0 bridgehead atoms. The molecule has 5 aromatic rings. The van der Waals surface area contributed by atoms with Crippen LogP contribution in [0.25, 0.3) is 11.0 Å². The Balaban J connectivity index is 0.00000448. The second-order valence-electron chi connectivity index (χ2n) is 13.3. The molecule has 0 aliphatic carbocycles. The lowest BCUT2D eigenvalue weighted by atomic mass is 9.76. The van der Waals surface area contributed by atoms with E-state index in [0.29, 0.717) is 42.4 Å². The zero-order valence-corrected chi connectivity index (χ0v) is 30.5. The van der Waals surface area contributed by atoms with Crippen molar-refractivity contribution in [3.05, 3.63) is 108 Å². The molecule has 1 amide bonds. The van der Waals surface area contributed by atoms with E-state index in [-0.39, 0.29) is 23.7 Å². The number of nitrogens with zero attached hydrogens (tertiary/aromatic N) is 6. The number of pyridine rings is 1. The van der Waals surface area contributed by atoms with Gasteiger partial charge in [-0.05, 0) is 74.3 Å². The van der Waals surface area contributed by atoms with E-state index >= 15 is 0 Å². The zero-order chi connectivity index (χ0) is 34.5. The van der Waals surface area contributed by atoms with Gasteiger partial charge in [0.1, 0.15) is 0 Å². The Morgan fingerprint density at radius 1 is 0.824 bits per heavy atom. The van der Waals surface area contributed by atoms with Crippen LogP contribution in [0.1, 0.15) is 40.9 Å². The summed E-state index contributed by atoms with van der Waals surface area (Å²) in [7, 11) is 4.71. The summed E-state index contributed by atoms with van der Waals surface area (Å²) in [4.78, 5) is 30.7. The number of hydrogen-bond acceptors (Lipinski definition) is 8. The number of ether oxygens (including phenoxy) is 3. The first-order valence-corrected chi connectivity index (χ1v) is 17.5. The van der Waals surface area contributed by atoms with Gasteiger partial charge in [-0.2, -0.15) is 0 Å². The van der Waals surface area contributed by atoms with Crippen LogP contribution >= 0.6 is 12.4 Å². The second kappa shape index (κ2) is 16.0. The first-order chi connectivity index (χ1) is 24.5. The van der Waals surface area contributed by atoms with Crippen LogP contribution in [-0.4, -0.2) is 97.4 Å². The molecule has 2 aromatic heterocycles. The van der Waals surface area contributed by atoms with Gasteiger partial charge >= 0.3 is 0 Å². The molecule has 0 saturated carbocycles. The van der Waals surface area contributed by atoms with Gasteiger partial charge in [0.15, 0.2) is 11.5 Å². The standard InChI is InChI=1S/C40H46N6O4.ClH/c1-48-35-26-30(27-36(49-2)37(35)50-3)38(47)45-23-18-40(29-45,31-12-5-4-6-13-31)17-22-43-20-11-21-44(25-24-43)39-42-33-15-7-8-16-34(33)46(39)28-32-14-9-10-19-41-32;/h4-10,12-16,19,26-27H,11,17-18,20-25,28-29H2,1-3H3;1H. The summed E-state index contributed by atoms with van der Waals surface area (Å²) in [6.07, 6.45) is 4.78. The van der Waals surface area contributed by atoms with Crippen molar-refractivity contribution >= 4 is 35.3 Å². The van der Waals surface area contributed by atoms with Crippen molar-refractivity contribution in [2.75, 3.05) is 72.0 Å². The molecule has 2 aliphatic rings. The van der Waals surface area contributed by atoms with E-state index in [2.05, 4.69) is 80.0 Å². The predicted octanol–water partition coefficient (Wildman–Crippen LogP) is 6.31. The molecular weight excluding hydrogens is 664 g/mol. The third-order valence-electron chi connectivity index (χ3n) is 10.4. The fourth-order valence-electron chi connectivity index (χ4n) is 7.69. The van der Waals surface area contributed by atoms with Crippen molar-refractivity contribution in [1.82, 2.24) is 24.3 Å². The third kappa shape index (κ3) is 7.48. The van der Waals surface area contributed by atoms with Crippen LogP contribution in [0.5, 0.6) is 17.2 Å². The zero-order valence-electron chi connectivity index (χ0n) is 29.7.